The predicted molar refractivity (Wildman–Crippen MR) is 45.2 cm³/mol. The molecule has 5 heteroatoms. The van der Waals surface area contributed by atoms with E-state index in [1.54, 1.807) is 5.48 Å². The number of thioether (sulfide) groups is 1. The minimum atomic E-state index is -0.366. The first-order valence-corrected chi connectivity index (χ1v) is 4.50. The molecule has 0 aromatic rings. The monoisotopic (exact) mass is 184 g/mol. The molecular formula is C7H8N2O2S. The number of carbonyl (C=O) groups is 1. The Morgan fingerprint density at radius 3 is 3.42 bits per heavy atom. The molecule has 0 aliphatic carbocycles. The van der Waals surface area contributed by atoms with Crippen LogP contribution in [0.15, 0.2) is 23.3 Å². The van der Waals surface area contributed by atoms with Crippen molar-refractivity contribution in [2.45, 2.75) is 5.37 Å². The zero-order valence-electron chi connectivity index (χ0n) is 6.23. The lowest BCUT2D eigenvalue weighted by molar-refractivity contribution is -0.130. The molecule has 2 N–H and O–H groups in total. The van der Waals surface area contributed by atoms with Gasteiger partial charge in [0.05, 0.1) is 0 Å². The average molecular weight is 184 g/mol. The minimum Gasteiger partial charge on any atom is -0.347 e. The molecule has 0 spiro atoms. The SMILES string of the molecule is O=C(NO)C1SC=C2C=CCN21. The fraction of sp³-hybridized carbons (Fsp3) is 0.286. The van der Waals surface area contributed by atoms with Gasteiger partial charge in [0, 0.05) is 12.2 Å². The van der Waals surface area contributed by atoms with Crippen LogP contribution in [0.3, 0.4) is 0 Å². The van der Waals surface area contributed by atoms with E-state index in [9.17, 15) is 4.79 Å². The third-order valence-corrected chi connectivity index (χ3v) is 2.96. The van der Waals surface area contributed by atoms with Crippen molar-refractivity contribution >= 4 is 17.7 Å². The number of hydroxylamine groups is 1. The molecule has 64 valence electrons. The van der Waals surface area contributed by atoms with E-state index in [1.165, 1.54) is 11.8 Å². The van der Waals surface area contributed by atoms with E-state index in [0.717, 1.165) is 12.2 Å². The number of hydrogen-bond acceptors (Lipinski definition) is 4. The molecule has 2 heterocycles. The van der Waals surface area contributed by atoms with Crippen LogP contribution >= 0.6 is 11.8 Å². The Morgan fingerprint density at radius 1 is 1.83 bits per heavy atom. The highest BCUT2D eigenvalue weighted by Crippen LogP contribution is 2.33. The van der Waals surface area contributed by atoms with Gasteiger partial charge in [-0.3, -0.25) is 10.0 Å². The lowest BCUT2D eigenvalue weighted by Gasteiger charge is -2.20. The highest BCUT2D eigenvalue weighted by atomic mass is 32.2. The van der Waals surface area contributed by atoms with Gasteiger partial charge in [0.25, 0.3) is 5.91 Å². The lowest BCUT2D eigenvalue weighted by atomic mass is 10.4. The van der Waals surface area contributed by atoms with Gasteiger partial charge in [0.15, 0.2) is 5.37 Å². The van der Waals surface area contributed by atoms with Gasteiger partial charge in [-0.25, -0.2) is 5.48 Å². The fourth-order valence-corrected chi connectivity index (χ4v) is 2.31. The van der Waals surface area contributed by atoms with Crippen LogP contribution in [-0.2, 0) is 4.79 Å². The van der Waals surface area contributed by atoms with E-state index in [2.05, 4.69) is 0 Å². The summed E-state index contributed by atoms with van der Waals surface area (Å²) in [4.78, 5) is 13.0. The normalized spacial score (nSPS) is 25.6. The Morgan fingerprint density at radius 2 is 2.67 bits per heavy atom. The molecule has 0 aromatic heterocycles. The molecule has 1 atom stereocenters. The largest absolute Gasteiger partial charge is 0.347 e. The predicted octanol–water partition coefficient (Wildman–Crippen LogP) is 0.278. The molecule has 12 heavy (non-hydrogen) atoms. The Labute approximate surface area is 73.9 Å². The van der Waals surface area contributed by atoms with Gasteiger partial charge in [-0.1, -0.05) is 17.8 Å². The number of allylic oxidation sites excluding steroid dienone is 1. The first-order valence-electron chi connectivity index (χ1n) is 3.55. The number of rotatable bonds is 1. The summed E-state index contributed by atoms with van der Waals surface area (Å²) in [6.07, 6.45) is 3.96. The van der Waals surface area contributed by atoms with E-state index >= 15 is 0 Å². The molecule has 0 radical (unpaired) electrons. The van der Waals surface area contributed by atoms with Gasteiger partial charge in [0.2, 0.25) is 0 Å². The molecule has 0 saturated heterocycles. The molecule has 0 saturated carbocycles. The van der Waals surface area contributed by atoms with Crippen molar-refractivity contribution in [3.8, 4) is 0 Å². The van der Waals surface area contributed by atoms with E-state index in [0.29, 0.717) is 0 Å². The van der Waals surface area contributed by atoms with Crippen LogP contribution in [0.5, 0.6) is 0 Å². The summed E-state index contributed by atoms with van der Waals surface area (Å²) in [6.45, 7) is 0.747. The van der Waals surface area contributed by atoms with E-state index in [1.807, 2.05) is 22.5 Å². The first kappa shape index (κ1) is 7.70. The lowest BCUT2D eigenvalue weighted by Crippen LogP contribution is -2.39. The number of fused-ring (bicyclic) bond motifs is 1. The standard InChI is InChI=1S/C7H8N2O2S/c10-6(8-11)7-9-3-1-2-5(9)4-12-7/h1-2,4,7,11H,3H2,(H,8,10). The topological polar surface area (TPSA) is 52.6 Å². The highest BCUT2D eigenvalue weighted by Gasteiger charge is 2.32. The van der Waals surface area contributed by atoms with Gasteiger partial charge < -0.3 is 4.90 Å². The molecule has 2 aliphatic rings. The summed E-state index contributed by atoms with van der Waals surface area (Å²) in [7, 11) is 0. The Bertz CT molecular complexity index is 275. The molecule has 0 bridgehead atoms. The van der Waals surface area contributed by atoms with Gasteiger partial charge in [-0.2, -0.15) is 0 Å². The van der Waals surface area contributed by atoms with Crippen molar-refractivity contribution in [1.29, 1.82) is 0 Å². The number of nitrogens with zero attached hydrogens (tertiary/aromatic N) is 1. The quantitative estimate of drug-likeness (QED) is 0.454. The Balaban J connectivity index is 2.11. The molecule has 0 aromatic carbocycles. The molecule has 2 rings (SSSR count). The maximum absolute atomic E-state index is 11.1. The van der Waals surface area contributed by atoms with Crippen LogP contribution in [0.2, 0.25) is 0 Å². The molecule has 0 fully saturated rings. The van der Waals surface area contributed by atoms with Crippen LogP contribution in [0.1, 0.15) is 0 Å². The maximum Gasteiger partial charge on any atom is 0.276 e. The second-order valence-corrected chi connectivity index (χ2v) is 3.52. The average Bonchev–Trinajstić information content (AvgIpc) is 2.62. The molecular weight excluding hydrogens is 176 g/mol. The van der Waals surface area contributed by atoms with Crippen molar-refractivity contribution in [3.05, 3.63) is 23.3 Å². The number of nitrogens with one attached hydrogen (secondary N) is 1. The van der Waals surface area contributed by atoms with E-state index < -0.39 is 0 Å². The van der Waals surface area contributed by atoms with Crippen molar-refractivity contribution in [1.82, 2.24) is 10.4 Å². The zero-order chi connectivity index (χ0) is 8.55. The summed E-state index contributed by atoms with van der Waals surface area (Å²) in [5.41, 5.74) is 2.71. The third-order valence-electron chi connectivity index (χ3n) is 1.86. The van der Waals surface area contributed by atoms with Crippen LogP contribution in [-0.4, -0.2) is 27.9 Å². The Hall–Kier alpha value is -0.940. The smallest absolute Gasteiger partial charge is 0.276 e. The molecule has 1 amide bonds. The zero-order valence-corrected chi connectivity index (χ0v) is 7.04. The summed E-state index contributed by atoms with van der Waals surface area (Å²) >= 11 is 1.41. The fourth-order valence-electron chi connectivity index (χ4n) is 1.29. The highest BCUT2D eigenvalue weighted by molar-refractivity contribution is 8.03. The van der Waals surface area contributed by atoms with Crippen molar-refractivity contribution in [2.24, 2.45) is 0 Å². The van der Waals surface area contributed by atoms with Crippen molar-refractivity contribution in [2.75, 3.05) is 6.54 Å². The van der Waals surface area contributed by atoms with Crippen LogP contribution in [0, 0.1) is 0 Å². The second kappa shape index (κ2) is 2.84. The van der Waals surface area contributed by atoms with Gasteiger partial charge in [-0.15, -0.1) is 0 Å². The summed E-state index contributed by atoms with van der Waals surface area (Å²) in [5.74, 6) is -0.366. The van der Waals surface area contributed by atoms with E-state index in [4.69, 9.17) is 5.21 Å². The van der Waals surface area contributed by atoms with Crippen LogP contribution in [0.25, 0.3) is 0 Å². The summed E-state index contributed by atoms with van der Waals surface area (Å²) < 4.78 is 0. The van der Waals surface area contributed by atoms with Gasteiger partial charge in [0.1, 0.15) is 0 Å². The maximum atomic E-state index is 11.1. The van der Waals surface area contributed by atoms with Crippen LogP contribution in [0.4, 0.5) is 0 Å². The van der Waals surface area contributed by atoms with Crippen LogP contribution < -0.4 is 5.48 Å². The molecule has 4 nitrogen and oxygen atoms in total. The van der Waals surface area contributed by atoms with Gasteiger partial charge >= 0.3 is 0 Å². The number of hydrogen-bond donors (Lipinski definition) is 2. The third kappa shape index (κ3) is 1.02. The van der Waals surface area contributed by atoms with E-state index in [-0.39, 0.29) is 11.3 Å². The number of carbonyl (C=O) groups excluding carboxylic acids is 1. The van der Waals surface area contributed by atoms with Crippen molar-refractivity contribution < 1.29 is 10.0 Å². The summed E-state index contributed by atoms with van der Waals surface area (Å²) in [5, 5.41) is 10.0. The number of amides is 1. The Kier molecular flexibility index (Phi) is 1.82. The second-order valence-electron chi connectivity index (χ2n) is 2.56. The minimum absolute atomic E-state index is 0.306. The first-order chi connectivity index (χ1) is 5.83. The molecule has 1 unspecified atom stereocenters. The van der Waals surface area contributed by atoms with Gasteiger partial charge in [-0.05, 0) is 11.5 Å². The summed E-state index contributed by atoms with van der Waals surface area (Å²) in [6, 6.07) is 0. The molecule has 2 aliphatic heterocycles. The van der Waals surface area contributed by atoms with Crippen molar-refractivity contribution in [3.63, 3.8) is 0 Å².